The van der Waals surface area contributed by atoms with Gasteiger partial charge in [-0.3, -0.25) is 9.59 Å². The topological polar surface area (TPSA) is 58.2 Å². The number of carbonyl (C=O) groups excluding carboxylic acids is 2. The second-order valence-corrected chi connectivity index (χ2v) is 7.07. The molecular weight excluding hydrogens is 348 g/mol. The van der Waals surface area contributed by atoms with E-state index in [1.54, 1.807) is 30.3 Å². The van der Waals surface area contributed by atoms with Gasteiger partial charge >= 0.3 is 0 Å². The monoisotopic (exact) mass is 370 g/mol. The van der Waals surface area contributed by atoms with Gasteiger partial charge in [0.05, 0.1) is 0 Å². The highest BCUT2D eigenvalue weighted by molar-refractivity contribution is 6.31. The maximum Gasteiger partial charge on any atom is 0.251 e. The van der Waals surface area contributed by atoms with Crippen LogP contribution in [-0.4, -0.2) is 17.9 Å². The van der Waals surface area contributed by atoms with E-state index in [0.717, 1.165) is 18.4 Å². The highest BCUT2D eigenvalue weighted by Crippen LogP contribution is 2.18. The van der Waals surface area contributed by atoms with Crippen LogP contribution in [0, 0.1) is 0 Å². The molecule has 0 spiro atoms. The highest BCUT2D eigenvalue weighted by Gasteiger charge is 2.17. The van der Waals surface area contributed by atoms with Crippen LogP contribution in [0.1, 0.15) is 58.4 Å². The Balaban J connectivity index is 1.55. The van der Waals surface area contributed by atoms with E-state index in [1.165, 1.54) is 19.3 Å². The molecule has 3 rings (SSSR count). The van der Waals surface area contributed by atoms with E-state index in [9.17, 15) is 9.59 Å². The molecule has 1 fully saturated rings. The van der Waals surface area contributed by atoms with E-state index in [4.69, 9.17) is 11.6 Å². The third-order valence-corrected chi connectivity index (χ3v) is 5.12. The summed E-state index contributed by atoms with van der Waals surface area (Å²) < 4.78 is 0. The second kappa shape index (κ2) is 8.86. The molecule has 1 aliphatic rings. The Morgan fingerprint density at radius 2 is 1.50 bits per heavy atom. The van der Waals surface area contributed by atoms with E-state index >= 15 is 0 Å². The molecular formula is C21H23ClN2O2. The lowest BCUT2D eigenvalue weighted by atomic mass is 9.95. The summed E-state index contributed by atoms with van der Waals surface area (Å²) in [5.41, 5.74) is 1.97. The zero-order valence-electron chi connectivity index (χ0n) is 14.6. The van der Waals surface area contributed by atoms with E-state index in [0.29, 0.717) is 22.7 Å². The number of hydrogen-bond donors (Lipinski definition) is 2. The molecule has 0 radical (unpaired) electrons. The van der Waals surface area contributed by atoms with Crippen LogP contribution in [0.3, 0.4) is 0 Å². The summed E-state index contributed by atoms with van der Waals surface area (Å²) in [6.45, 7) is 0.364. The second-order valence-electron chi connectivity index (χ2n) is 6.66. The molecule has 0 heterocycles. The largest absolute Gasteiger partial charge is 0.349 e. The molecule has 26 heavy (non-hydrogen) atoms. The lowest BCUT2D eigenvalue weighted by Crippen LogP contribution is -2.36. The van der Waals surface area contributed by atoms with Crippen molar-refractivity contribution in [2.45, 2.75) is 44.7 Å². The van der Waals surface area contributed by atoms with E-state index in [2.05, 4.69) is 10.6 Å². The van der Waals surface area contributed by atoms with Crippen molar-refractivity contribution in [1.29, 1.82) is 0 Å². The normalized spacial score (nSPS) is 14.7. The standard InChI is InChI=1S/C21H23ClN2O2/c22-19-9-5-4-6-17(19)14-23-20(25)15-10-12-16(13-11-15)21(26)24-18-7-2-1-3-8-18/h4-6,9-13,18H,1-3,7-8,14H2,(H,23,25)(H,24,26). The Bertz CT molecular complexity index is 768. The first-order chi connectivity index (χ1) is 12.6. The molecule has 0 atom stereocenters. The molecule has 0 bridgehead atoms. The van der Waals surface area contributed by atoms with Crippen LogP contribution in [0.25, 0.3) is 0 Å². The lowest BCUT2D eigenvalue weighted by Gasteiger charge is -2.22. The van der Waals surface area contributed by atoms with Gasteiger partial charge in [-0.2, -0.15) is 0 Å². The van der Waals surface area contributed by atoms with Crippen LogP contribution in [0.2, 0.25) is 5.02 Å². The fourth-order valence-electron chi connectivity index (χ4n) is 3.21. The van der Waals surface area contributed by atoms with Gasteiger partial charge in [-0.15, -0.1) is 0 Å². The van der Waals surface area contributed by atoms with Crippen molar-refractivity contribution in [2.24, 2.45) is 0 Å². The van der Waals surface area contributed by atoms with Crippen LogP contribution in [-0.2, 0) is 6.54 Å². The summed E-state index contributed by atoms with van der Waals surface area (Å²) in [5, 5.41) is 6.56. The minimum atomic E-state index is -0.191. The molecule has 2 amide bonds. The van der Waals surface area contributed by atoms with Gasteiger partial charge in [0.25, 0.3) is 11.8 Å². The quantitative estimate of drug-likeness (QED) is 0.822. The third kappa shape index (κ3) is 4.85. The van der Waals surface area contributed by atoms with E-state index in [-0.39, 0.29) is 17.9 Å². The van der Waals surface area contributed by atoms with Gasteiger partial charge in [-0.1, -0.05) is 49.1 Å². The fourth-order valence-corrected chi connectivity index (χ4v) is 3.41. The number of nitrogens with one attached hydrogen (secondary N) is 2. The summed E-state index contributed by atoms with van der Waals surface area (Å²) in [5.74, 6) is -0.260. The van der Waals surface area contributed by atoms with Crippen LogP contribution in [0.15, 0.2) is 48.5 Å². The Morgan fingerprint density at radius 1 is 0.885 bits per heavy atom. The van der Waals surface area contributed by atoms with Gasteiger partial charge in [-0.05, 0) is 48.7 Å². The summed E-state index contributed by atoms with van der Waals surface area (Å²) in [7, 11) is 0. The zero-order chi connectivity index (χ0) is 18.4. The summed E-state index contributed by atoms with van der Waals surface area (Å²) >= 11 is 6.09. The number of amides is 2. The molecule has 5 heteroatoms. The smallest absolute Gasteiger partial charge is 0.251 e. The molecule has 0 aliphatic heterocycles. The Labute approximate surface area is 158 Å². The SMILES string of the molecule is O=C(NCc1ccccc1Cl)c1ccc(C(=O)NC2CCCCC2)cc1. The van der Waals surface area contributed by atoms with Crippen molar-refractivity contribution >= 4 is 23.4 Å². The van der Waals surface area contributed by atoms with Gasteiger partial charge in [0.1, 0.15) is 0 Å². The number of hydrogen-bond acceptors (Lipinski definition) is 2. The average molecular weight is 371 g/mol. The van der Waals surface area contributed by atoms with Crippen LogP contribution < -0.4 is 10.6 Å². The van der Waals surface area contributed by atoms with Gasteiger partial charge in [0, 0.05) is 28.7 Å². The predicted molar refractivity (Wildman–Crippen MR) is 103 cm³/mol. The van der Waals surface area contributed by atoms with E-state index < -0.39 is 0 Å². The molecule has 2 aromatic carbocycles. The molecule has 0 saturated heterocycles. The third-order valence-electron chi connectivity index (χ3n) is 4.75. The minimum absolute atomic E-state index is 0.0695. The Hall–Kier alpha value is -2.33. The Morgan fingerprint density at radius 3 is 2.15 bits per heavy atom. The first-order valence-corrected chi connectivity index (χ1v) is 9.44. The Kier molecular flexibility index (Phi) is 6.29. The molecule has 0 unspecified atom stereocenters. The van der Waals surface area contributed by atoms with Crippen LogP contribution >= 0.6 is 11.6 Å². The number of benzene rings is 2. The molecule has 4 nitrogen and oxygen atoms in total. The number of carbonyl (C=O) groups is 2. The van der Waals surface area contributed by atoms with Gasteiger partial charge in [-0.25, -0.2) is 0 Å². The van der Waals surface area contributed by atoms with Crippen molar-refractivity contribution in [3.8, 4) is 0 Å². The first-order valence-electron chi connectivity index (χ1n) is 9.06. The van der Waals surface area contributed by atoms with Crippen molar-refractivity contribution in [3.63, 3.8) is 0 Å². The molecule has 1 aliphatic carbocycles. The number of halogens is 1. The van der Waals surface area contributed by atoms with Gasteiger partial charge in [0.15, 0.2) is 0 Å². The molecule has 136 valence electrons. The lowest BCUT2D eigenvalue weighted by molar-refractivity contribution is 0.0922. The van der Waals surface area contributed by atoms with Gasteiger partial charge < -0.3 is 10.6 Å². The molecule has 2 aromatic rings. The molecule has 2 N–H and O–H groups in total. The zero-order valence-corrected chi connectivity index (χ0v) is 15.4. The van der Waals surface area contributed by atoms with Gasteiger partial charge in [0.2, 0.25) is 0 Å². The molecule has 1 saturated carbocycles. The maximum atomic E-state index is 12.3. The van der Waals surface area contributed by atoms with Crippen LogP contribution in [0.5, 0.6) is 0 Å². The van der Waals surface area contributed by atoms with Crippen molar-refractivity contribution < 1.29 is 9.59 Å². The summed E-state index contributed by atoms with van der Waals surface area (Å²) in [4.78, 5) is 24.6. The number of rotatable bonds is 5. The van der Waals surface area contributed by atoms with Crippen molar-refractivity contribution in [3.05, 3.63) is 70.2 Å². The highest BCUT2D eigenvalue weighted by atomic mass is 35.5. The maximum absolute atomic E-state index is 12.3. The van der Waals surface area contributed by atoms with E-state index in [1.807, 2.05) is 18.2 Å². The van der Waals surface area contributed by atoms with Crippen molar-refractivity contribution in [2.75, 3.05) is 0 Å². The fraction of sp³-hybridized carbons (Fsp3) is 0.333. The average Bonchev–Trinajstić information content (AvgIpc) is 2.68. The summed E-state index contributed by atoms with van der Waals surface area (Å²) in [6.07, 6.45) is 5.71. The molecule has 0 aromatic heterocycles. The van der Waals surface area contributed by atoms with Crippen LogP contribution in [0.4, 0.5) is 0 Å². The summed E-state index contributed by atoms with van der Waals surface area (Å²) in [6, 6.07) is 14.4. The first kappa shape index (κ1) is 18.5. The predicted octanol–water partition coefficient (Wildman–Crippen LogP) is 4.33. The van der Waals surface area contributed by atoms with Crippen molar-refractivity contribution in [1.82, 2.24) is 10.6 Å². The minimum Gasteiger partial charge on any atom is -0.349 e.